The summed E-state index contributed by atoms with van der Waals surface area (Å²) in [4.78, 5) is 6.79. The van der Waals surface area contributed by atoms with Gasteiger partial charge in [-0.15, -0.1) is 0 Å². The lowest BCUT2D eigenvalue weighted by atomic mass is 10.1. The zero-order chi connectivity index (χ0) is 13.2. The van der Waals surface area contributed by atoms with Gasteiger partial charge >= 0.3 is 0 Å². The maximum Gasteiger partial charge on any atom is 0.0639 e. The predicted octanol–water partition coefficient (Wildman–Crippen LogP) is 2.76. The van der Waals surface area contributed by atoms with Gasteiger partial charge in [-0.25, -0.2) is 0 Å². The maximum absolute atomic E-state index is 4.29. The number of hydrogen-bond donors (Lipinski definition) is 1. The van der Waals surface area contributed by atoms with Crippen LogP contribution in [0.25, 0.3) is 0 Å². The van der Waals surface area contributed by atoms with Crippen molar-refractivity contribution in [2.24, 2.45) is 0 Å². The molecule has 0 saturated carbocycles. The summed E-state index contributed by atoms with van der Waals surface area (Å²) in [6.07, 6.45) is 6.32. The summed E-state index contributed by atoms with van der Waals surface area (Å²) in [6.45, 7) is 6.32. The van der Waals surface area contributed by atoms with Crippen molar-refractivity contribution in [2.75, 3.05) is 6.54 Å². The molecular formula is C15H20N4. The van der Waals surface area contributed by atoms with Gasteiger partial charge < -0.3 is 0 Å². The normalized spacial score (nSPS) is 20.0. The number of aromatic amines is 1. The van der Waals surface area contributed by atoms with Crippen LogP contribution in [0.4, 0.5) is 0 Å². The van der Waals surface area contributed by atoms with Crippen molar-refractivity contribution in [1.82, 2.24) is 20.1 Å². The number of likely N-dealkylation sites (tertiary alicyclic amines) is 1. The van der Waals surface area contributed by atoms with E-state index in [-0.39, 0.29) is 0 Å². The van der Waals surface area contributed by atoms with Crippen LogP contribution in [0.5, 0.6) is 0 Å². The highest BCUT2D eigenvalue weighted by Crippen LogP contribution is 2.33. The van der Waals surface area contributed by atoms with Crippen LogP contribution in [-0.4, -0.2) is 26.6 Å². The largest absolute Gasteiger partial charge is 0.292 e. The van der Waals surface area contributed by atoms with E-state index in [2.05, 4.69) is 40.0 Å². The predicted molar refractivity (Wildman–Crippen MR) is 74.7 cm³/mol. The molecule has 4 heteroatoms. The molecule has 1 aliphatic heterocycles. The Bertz CT molecular complexity index is 527. The Labute approximate surface area is 113 Å². The van der Waals surface area contributed by atoms with E-state index in [0.717, 1.165) is 18.8 Å². The molecule has 0 bridgehead atoms. The minimum atomic E-state index is 0.502. The van der Waals surface area contributed by atoms with E-state index in [9.17, 15) is 0 Å². The number of aromatic nitrogens is 3. The summed E-state index contributed by atoms with van der Waals surface area (Å²) in [6, 6.07) is 4.72. The van der Waals surface area contributed by atoms with Gasteiger partial charge in [-0.2, -0.15) is 5.10 Å². The molecule has 19 heavy (non-hydrogen) atoms. The lowest BCUT2D eigenvalue weighted by Crippen LogP contribution is -2.23. The van der Waals surface area contributed by atoms with Gasteiger partial charge in [0.1, 0.15) is 0 Å². The highest BCUT2D eigenvalue weighted by atomic mass is 15.2. The van der Waals surface area contributed by atoms with Crippen molar-refractivity contribution in [2.45, 2.75) is 39.3 Å². The molecule has 3 rings (SSSR count). The number of nitrogens with one attached hydrogen (secondary N) is 1. The van der Waals surface area contributed by atoms with E-state index in [1.165, 1.54) is 29.7 Å². The Morgan fingerprint density at radius 3 is 3.00 bits per heavy atom. The van der Waals surface area contributed by atoms with E-state index in [1.807, 2.05) is 18.5 Å². The zero-order valence-electron chi connectivity index (χ0n) is 11.6. The summed E-state index contributed by atoms with van der Waals surface area (Å²) >= 11 is 0. The van der Waals surface area contributed by atoms with Gasteiger partial charge in [-0.1, -0.05) is 6.07 Å². The number of aryl methyl sites for hydroxylation is 2. The fourth-order valence-corrected chi connectivity index (χ4v) is 2.98. The fourth-order valence-electron chi connectivity index (χ4n) is 2.98. The molecule has 3 heterocycles. The summed E-state index contributed by atoms with van der Waals surface area (Å²) in [5, 5.41) is 7.37. The van der Waals surface area contributed by atoms with Crippen molar-refractivity contribution >= 4 is 0 Å². The van der Waals surface area contributed by atoms with Crippen molar-refractivity contribution in [1.29, 1.82) is 0 Å². The molecule has 1 unspecified atom stereocenters. The van der Waals surface area contributed by atoms with Gasteiger partial charge in [0.25, 0.3) is 0 Å². The third kappa shape index (κ3) is 2.40. The first kappa shape index (κ1) is 12.4. The molecule has 0 aliphatic carbocycles. The molecule has 1 N–H and O–H groups in total. The Hall–Kier alpha value is -1.68. The second-order valence-electron chi connectivity index (χ2n) is 5.33. The van der Waals surface area contributed by atoms with Gasteiger partial charge in [0.2, 0.25) is 0 Å². The highest BCUT2D eigenvalue weighted by molar-refractivity contribution is 5.24. The van der Waals surface area contributed by atoms with E-state index in [4.69, 9.17) is 0 Å². The minimum Gasteiger partial charge on any atom is -0.292 e. The summed E-state index contributed by atoms with van der Waals surface area (Å²) in [7, 11) is 0. The summed E-state index contributed by atoms with van der Waals surface area (Å²) in [5.74, 6) is 0. The lowest BCUT2D eigenvalue weighted by Gasteiger charge is -2.24. The molecule has 2 aromatic rings. The minimum absolute atomic E-state index is 0.502. The van der Waals surface area contributed by atoms with Gasteiger partial charge in [0.05, 0.1) is 5.69 Å². The van der Waals surface area contributed by atoms with Crippen LogP contribution in [0, 0.1) is 13.8 Å². The molecule has 1 fully saturated rings. The van der Waals surface area contributed by atoms with Crippen molar-refractivity contribution in [3.8, 4) is 0 Å². The van der Waals surface area contributed by atoms with Crippen molar-refractivity contribution in [3.63, 3.8) is 0 Å². The Morgan fingerprint density at radius 2 is 2.32 bits per heavy atom. The van der Waals surface area contributed by atoms with Crippen LogP contribution in [0.3, 0.4) is 0 Å². The molecule has 0 aromatic carbocycles. The molecule has 1 atom stereocenters. The molecule has 0 radical (unpaired) electrons. The topological polar surface area (TPSA) is 44.8 Å². The molecule has 1 saturated heterocycles. The monoisotopic (exact) mass is 256 g/mol. The third-order valence-electron chi connectivity index (χ3n) is 4.07. The first-order valence-electron chi connectivity index (χ1n) is 6.90. The molecule has 2 aromatic heterocycles. The lowest BCUT2D eigenvalue weighted by molar-refractivity contribution is 0.247. The highest BCUT2D eigenvalue weighted by Gasteiger charge is 2.27. The van der Waals surface area contributed by atoms with Gasteiger partial charge in [0, 0.05) is 36.2 Å². The Balaban J connectivity index is 1.81. The smallest absolute Gasteiger partial charge is 0.0639 e. The first-order valence-corrected chi connectivity index (χ1v) is 6.90. The summed E-state index contributed by atoms with van der Waals surface area (Å²) < 4.78 is 0. The van der Waals surface area contributed by atoms with Gasteiger partial charge in [0.15, 0.2) is 0 Å². The average molecular weight is 256 g/mol. The quantitative estimate of drug-likeness (QED) is 0.918. The third-order valence-corrected chi connectivity index (χ3v) is 4.07. The van der Waals surface area contributed by atoms with Crippen LogP contribution in [0.2, 0.25) is 0 Å². The Morgan fingerprint density at radius 1 is 1.42 bits per heavy atom. The molecule has 100 valence electrons. The van der Waals surface area contributed by atoms with Crippen LogP contribution >= 0.6 is 0 Å². The van der Waals surface area contributed by atoms with Gasteiger partial charge in [-0.05, 0) is 44.9 Å². The molecular weight excluding hydrogens is 236 g/mol. The van der Waals surface area contributed by atoms with Crippen molar-refractivity contribution in [3.05, 3.63) is 47.0 Å². The van der Waals surface area contributed by atoms with Crippen LogP contribution in [0.1, 0.15) is 41.4 Å². The fraction of sp³-hybridized carbons (Fsp3) is 0.467. The maximum atomic E-state index is 4.29. The van der Waals surface area contributed by atoms with Crippen LogP contribution in [-0.2, 0) is 6.54 Å². The first-order chi connectivity index (χ1) is 9.25. The number of hydrogen-bond acceptors (Lipinski definition) is 3. The van der Waals surface area contributed by atoms with Crippen LogP contribution < -0.4 is 0 Å². The van der Waals surface area contributed by atoms with Crippen molar-refractivity contribution < 1.29 is 0 Å². The van der Waals surface area contributed by atoms with E-state index < -0.39 is 0 Å². The number of nitrogens with zero attached hydrogens (tertiary/aromatic N) is 3. The van der Waals surface area contributed by atoms with Gasteiger partial charge in [-0.3, -0.25) is 15.0 Å². The zero-order valence-corrected chi connectivity index (χ0v) is 11.6. The molecule has 0 spiro atoms. The standard InChI is InChI=1S/C15H20N4/c1-11-14(12(2)18-17-11)10-19-8-4-6-15(19)13-5-3-7-16-9-13/h3,5,7,9,15H,4,6,8,10H2,1-2H3,(H,17,18). The second-order valence-corrected chi connectivity index (χ2v) is 5.33. The average Bonchev–Trinajstić information content (AvgIpc) is 3.02. The SMILES string of the molecule is Cc1n[nH]c(C)c1CN1CCCC1c1cccnc1. The second kappa shape index (κ2) is 5.13. The van der Waals surface area contributed by atoms with E-state index in [1.54, 1.807) is 0 Å². The number of rotatable bonds is 3. The molecule has 0 amide bonds. The van der Waals surface area contributed by atoms with E-state index >= 15 is 0 Å². The van der Waals surface area contributed by atoms with E-state index in [0.29, 0.717) is 6.04 Å². The molecule has 1 aliphatic rings. The number of H-pyrrole nitrogens is 1. The Kier molecular flexibility index (Phi) is 3.34. The molecule has 4 nitrogen and oxygen atoms in total. The summed E-state index contributed by atoms with van der Waals surface area (Å²) in [5.41, 5.74) is 4.98. The number of pyridine rings is 1. The van der Waals surface area contributed by atoms with Crippen LogP contribution in [0.15, 0.2) is 24.5 Å².